The van der Waals surface area contributed by atoms with Gasteiger partial charge in [-0.3, -0.25) is 10.1 Å². The molecule has 7 heteroatoms. The minimum atomic E-state index is -0.321. The molecular weight excluding hydrogens is 451 g/mol. The Morgan fingerprint density at radius 3 is 2.36 bits per heavy atom. The van der Waals surface area contributed by atoms with Crippen LogP contribution in [0.2, 0.25) is 0 Å². The van der Waals surface area contributed by atoms with E-state index in [0.717, 1.165) is 16.8 Å². The van der Waals surface area contributed by atoms with Crippen molar-refractivity contribution in [3.05, 3.63) is 50.6 Å². The van der Waals surface area contributed by atoms with Gasteiger partial charge in [0.2, 0.25) is 0 Å². The number of nitrogens with one attached hydrogen (secondary N) is 2. The fourth-order valence-electron chi connectivity index (χ4n) is 2.22. The molecule has 0 bridgehead atoms. The Morgan fingerprint density at radius 2 is 1.72 bits per heavy atom. The second-order valence-corrected chi connectivity index (χ2v) is 6.96. The van der Waals surface area contributed by atoms with Gasteiger partial charge in [-0.15, -0.1) is 0 Å². The summed E-state index contributed by atoms with van der Waals surface area (Å²) in [6, 6.07) is 9.01. The SMILES string of the molecule is COc1ccc(C(=O)NC(=S)Nc2cc(C)c(I)cc2C)cc1OC. The molecule has 1 amide bonds. The van der Waals surface area contributed by atoms with Crippen LogP contribution in [0.3, 0.4) is 0 Å². The molecule has 0 fully saturated rings. The lowest BCUT2D eigenvalue weighted by molar-refractivity contribution is 0.0977. The van der Waals surface area contributed by atoms with Crippen LogP contribution in [0.25, 0.3) is 0 Å². The molecule has 0 saturated carbocycles. The van der Waals surface area contributed by atoms with Gasteiger partial charge in [0.05, 0.1) is 14.2 Å². The van der Waals surface area contributed by atoms with Crippen molar-refractivity contribution in [1.29, 1.82) is 0 Å². The van der Waals surface area contributed by atoms with E-state index >= 15 is 0 Å². The molecule has 2 N–H and O–H groups in total. The fraction of sp³-hybridized carbons (Fsp3) is 0.222. The summed E-state index contributed by atoms with van der Waals surface area (Å²) >= 11 is 7.54. The molecular formula is C18H19IN2O3S. The van der Waals surface area contributed by atoms with Crippen molar-refractivity contribution in [1.82, 2.24) is 5.32 Å². The van der Waals surface area contributed by atoms with Crippen LogP contribution < -0.4 is 20.1 Å². The number of thiocarbonyl (C=S) groups is 1. The predicted molar refractivity (Wildman–Crippen MR) is 112 cm³/mol. The summed E-state index contributed by atoms with van der Waals surface area (Å²) < 4.78 is 11.6. The first kappa shape index (κ1) is 19.5. The Labute approximate surface area is 166 Å². The normalized spacial score (nSPS) is 10.1. The number of ether oxygens (including phenoxy) is 2. The van der Waals surface area contributed by atoms with Crippen molar-refractivity contribution < 1.29 is 14.3 Å². The van der Waals surface area contributed by atoms with Gasteiger partial charge in [-0.2, -0.15) is 0 Å². The fourth-order valence-corrected chi connectivity index (χ4v) is 3.05. The van der Waals surface area contributed by atoms with Crippen molar-refractivity contribution in [2.24, 2.45) is 0 Å². The Hall–Kier alpha value is -1.87. The highest BCUT2D eigenvalue weighted by Crippen LogP contribution is 2.27. The maximum atomic E-state index is 12.4. The number of hydrogen-bond acceptors (Lipinski definition) is 4. The van der Waals surface area contributed by atoms with E-state index in [0.29, 0.717) is 17.1 Å². The van der Waals surface area contributed by atoms with Gasteiger partial charge in [-0.1, -0.05) is 0 Å². The summed E-state index contributed by atoms with van der Waals surface area (Å²) in [5.41, 5.74) is 3.49. The van der Waals surface area contributed by atoms with E-state index < -0.39 is 0 Å². The highest BCUT2D eigenvalue weighted by Gasteiger charge is 2.13. The molecule has 0 aliphatic rings. The third-order valence-corrected chi connectivity index (χ3v) is 4.99. The molecule has 0 atom stereocenters. The highest BCUT2D eigenvalue weighted by atomic mass is 127. The van der Waals surface area contributed by atoms with Crippen molar-refractivity contribution in [3.63, 3.8) is 0 Å². The molecule has 0 radical (unpaired) electrons. The van der Waals surface area contributed by atoms with Gasteiger partial charge >= 0.3 is 0 Å². The number of benzene rings is 2. The smallest absolute Gasteiger partial charge is 0.257 e. The molecule has 0 aromatic heterocycles. The van der Waals surface area contributed by atoms with Crippen LogP contribution >= 0.6 is 34.8 Å². The third kappa shape index (κ3) is 4.82. The Morgan fingerprint density at radius 1 is 1.04 bits per heavy atom. The van der Waals surface area contributed by atoms with Crippen LogP contribution in [-0.4, -0.2) is 25.2 Å². The van der Waals surface area contributed by atoms with E-state index in [2.05, 4.69) is 39.3 Å². The van der Waals surface area contributed by atoms with Crippen molar-refractivity contribution in [2.75, 3.05) is 19.5 Å². The van der Waals surface area contributed by atoms with Crippen molar-refractivity contribution >= 4 is 51.5 Å². The topological polar surface area (TPSA) is 59.6 Å². The Balaban J connectivity index is 2.10. The largest absolute Gasteiger partial charge is 0.493 e. The molecule has 0 aliphatic carbocycles. The van der Waals surface area contributed by atoms with Crippen LogP contribution in [0.5, 0.6) is 11.5 Å². The van der Waals surface area contributed by atoms with Gasteiger partial charge in [0.25, 0.3) is 5.91 Å². The number of halogens is 1. The zero-order chi connectivity index (χ0) is 18.6. The lowest BCUT2D eigenvalue weighted by atomic mass is 10.1. The second-order valence-electron chi connectivity index (χ2n) is 5.39. The van der Waals surface area contributed by atoms with E-state index in [9.17, 15) is 4.79 Å². The van der Waals surface area contributed by atoms with Gasteiger partial charge in [0.15, 0.2) is 16.6 Å². The molecule has 0 saturated heterocycles. The summed E-state index contributed by atoms with van der Waals surface area (Å²) in [6.07, 6.45) is 0. The number of methoxy groups -OCH3 is 2. The zero-order valence-electron chi connectivity index (χ0n) is 14.4. The Kier molecular flexibility index (Phi) is 6.60. The number of hydrogen-bond donors (Lipinski definition) is 2. The zero-order valence-corrected chi connectivity index (χ0v) is 17.4. The molecule has 25 heavy (non-hydrogen) atoms. The van der Waals surface area contributed by atoms with Crippen LogP contribution in [0.1, 0.15) is 21.5 Å². The maximum absolute atomic E-state index is 12.4. The standard InChI is InChI=1S/C18H19IN2O3S/c1-10-8-14(11(2)7-13(10)19)20-18(25)21-17(22)12-5-6-15(23-3)16(9-12)24-4/h5-9H,1-4H3,(H2,20,21,22,25). The van der Waals surface area contributed by atoms with E-state index in [4.69, 9.17) is 21.7 Å². The quantitative estimate of drug-likeness (QED) is 0.522. The van der Waals surface area contributed by atoms with Crippen molar-refractivity contribution in [2.45, 2.75) is 13.8 Å². The highest BCUT2D eigenvalue weighted by molar-refractivity contribution is 14.1. The minimum absolute atomic E-state index is 0.239. The molecule has 5 nitrogen and oxygen atoms in total. The van der Waals surface area contributed by atoms with Crippen LogP contribution in [0.15, 0.2) is 30.3 Å². The first-order chi connectivity index (χ1) is 11.8. The van der Waals surface area contributed by atoms with Crippen molar-refractivity contribution in [3.8, 4) is 11.5 Å². The summed E-state index contributed by atoms with van der Waals surface area (Å²) in [5.74, 6) is 0.723. The second kappa shape index (κ2) is 8.48. The van der Waals surface area contributed by atoms with Crippen LogP contribution in [0.4, 0.5) is 5.69 Å². The van der Waals surface area contributed by atoms with Gasteiger partial charge in [-0.05, 0) is 90.1 Å². The van der Waals surface area contributed by atoms with E-state index in [1.165, 1.54) is 10.7 Å². The molecule has 0 unspecified atom stereocenters. The Bertz CT molecular complexity index is 824. The van der Waals surface area contributed by atoms with E-state index in [1.807, 2.05) is 19.9 Å². The molecule has 2 aromatic carbocycles. The van der Waals surface area contributed by atoms with Gasteiger partial charge in [0.1, 0.15) is 0 Å². The average molecular weight is 470 g/mol. The molecule has 0 aliphatic heterocycles. The number of aryl methyl sites for hydroxylation is 2. The summed E-state index contributed by atoms with van der Waals surface area (Å²) in [4.78, 5) is 12.4. The molecule has 0 spiro atoms. The number of amides is 1. The maximum Gasteiger partial charge on any atom is 0.257 e. The average Bonchev–Trinajstić information content (AvgIpc) is 2.58. The van der Waals surface area contributed by atoms with Gasteiger partial charge < -0.3 is 14.8 Å². The number of carbonyl (C=O) groups is 1. The van der Waals surface area contributed by atoms with Gasteiger partial charge in [0, 0.05) is 14.8 Å². The molecule has 0 heterocycles. The lowest BCUT2D eigenvalue weighted by Crippen LogP contribution is -2.34. The first-order valence-electron chi connectivity index (χ1n) is 7.46. The summed E-state index contributed by atoms with van der Waals surface area (Å²) in [7, 11) is 3.07. The van der Waals surface area contributed by atoms with Crippen LogP contribution in [0, 0.1) is 17.4 Å². The van der Waals surface area contributed by atoms with E-state index in [-0.39, 0.29) is 11.0 Å². The molecule has 2 aromatic rings. The molecule has 2 rings (SSSR count). The summed E-state index contributed by atoms with van der Waals surface area (Å²) in [5, 5.41) is 5.99. The first-order valence-corrected chi connectivity index (χ1v) is 8.95. The number of rotatable bonds is 4. The number of carbonyl (C=O) groups excluding carboxylic acids is 1. The molecule has 132 valence electrons. The summed E-state index contributed by atoms with van der Waals surface area (Å²) in [6.45, 7) is 4.01. The minimum Gasteiger partial charge on any atom is -0.493 e. The lowest BCUT2D eigenvalue weighted by Gasteiger charge is -2.14. The van der Waals surface area contributed by atoms with E-state index in [1.54, 1.807) is 25.3 Å². The predicted octanol–water partition coefficient (Wildman–Crippen LogP) is 4.05. The van der Waals surface area contributed by atoms with Crippen LogP contribution in [-0.2, 0) is 0 Å². The third-order valence-electron chi connectivity index (χ3n) is 3.63. The monoisotopic (exact) mass is 470 g/mol. The number of anilines is 1. The van der Waals surface area contributed by atoms with Gasteiger partial charge in [-0.25, -0.2) is 0 Å².